The second kappa shape index (κ2) is 6.23. The first-order valence-corrected chi connectivity index (χ1v) is 7.33. The van der Waals surface area contributed by atoms with Crippen molar-refractivity contribution in [2.24, 2.45) is 0 Å². The Morgan fingerprint density at radius 3 is 2.60 bits per heavy atom. The minimum absolute atomic E-state index is 0.390. The highest BCUT2D eigenvalue weighted by Gasteiger charge is 2.18. The van der Waals surface area contributed by atoms with Crippen molar-refractivity contribution in [2.75, 3.05) is 7.05 Å². The molecule has 0 aliphatic rings. The number of nitrogens with one attached hydrogen (secondary N) is 1. The predicted octanol–water partition coefficient (Wildman–Crippen LogP) is 3.53. The van der Waals surface area contributed by atoms with Gasteiger partial charge in [-0.2, -0.15) is 5.10 Å². The van der Waals surface area contributed by atoms with Gasteiger partial charge in [-0.25, -0.2) is 0 Å². The summed E-state index contributed by atoms with van der Waals surface area (Å²) in [7, 11) is 2.02. The summed E-state index contributed by atoms with van der Waals surface area (Å²) in [6.45, 7) is 9.46. The van der Waals surface area contributed by atoms with Gasteiger partial charge in [-0.1, -0.05) is 36.8 Å². The third-order valence-corrected chi connectivity index (χ3v) is 3.96. The van der Waals surface area contributed by atoms with E-state index in [0.717, 1.165) is 18.7 Å². The highest BCUT2D eigenvalue weighted by molar-refractivity contribution is 5.30. The molecule has 0 bridgehead atoms. The Labute approximate surface area is 122 Å². The lowest BCUT2D eigenvalue weighted by molar-refractivity contribution is 0.568. The van der Waals surface area contributed by atoms with E-state index in [1.807, 2.05) is 7.05 Å². The number of aryl methyl sites for hydroxylation is 2. The van der Waals surface area contributed by atoms with Crippen molar-refractivity contribution >= 4 is 0 Å². The summed E-state index contributed by atoms with van der Waals surface area (Å²) >= 11 is 0. The summed E-state index contributed by atoms with van der Waals surface area (Å²) in [6.07, 6.45) is 1.08. The minimum atomic E-state index is 0.390. The topological polar surface area (TPSA) is 29.9 Å². The number of benzene rings is 1. The Bertz CT molecular complexity index is 580. The standard InChI is InChI=1S/C17H25N3/c1-6-16(18-5)17-13(3)19-20(14(17)4)11-15-9-7-8-12(2)10-15/h7-10,16,18H,6,11H2,1-5H3. The predicted molar refractivity (Wildman–Crippen MR) is 84.1 cm³/mol. The fourth-order valence-corrected chi connectivity index (χ4v) is 2.91. The molecule has 1 N–H and O–H groups in total. The Balaban J connectivity index is 2.32. The Kier molecular flexibility index (Phi) is 4.61. The lowest BCUT2D eigenvalue weighted by Gasteiger charge is -2.15. The Morgan fingerprint density at radius 2 is 2.00 bits per heavy atom. The van der Waals surface area contributed by atoms with Crippen LogP contribution in [0.3, 0.4) is 0 Å². The van der Waals surface area contributed by atoms with E-state index < -0.39 is 0 Å². The van der Waals surface area contributed by atoms with Gasteiger partial charge in [0.25, 0.3) is 0 Å². The van der Waals surface area contributed by atoms with Gasteiger partial charge in [0.1, 0.15) is 0 Å². The summed E-state index contributed by atoms with van der Waals surface area (Å²) in [5, 5.41) is 8.11. The third-order valence-electron chi connectivity index (χ3n) is 3.96. The maximum atomic E-state index is 4.73. The molecule has 108 valence electrons. The summed E-state index contributed by atoms with van der Waals surface area (Å²) in [5.41, 5.74) is 6.36. The molecule has 0 saturated carbocycles. The van der Waals surface area contributed by atoms with Crippen molar-refractivity contribution in [3.8, 4) is 0 Å². The monoisotopic (exact) mass is 271 g/mol. The number of aromatic nitrogens is 2. The van der Waals surface area contributed by atoms with Crippen LogP contribution in [0.4, 0.5) is 0 Å². The van der Waals surface area contributed by atoms with E-state index in [9.17, 15) is 0 Å². The molecule has 2 aromatic rings. The average molecular weight is 271 g/mol. The van der Waals surface area contributed by atoms with E-state index in [0.29, 0.717) is 6.04 Å². The number of hydrogen-bond donors (Lipinski definition) is 1. The SMILES string of the molecule is CCC(NC)c1c(C)nn(Cc2cccc(C)c2)c1C. The van der Waals surface area contributed by atoms with Crippen LogP contribution in [0.2, 0.25) is 0 Å². The van der Waals surface area contributed by atoms with Gasteiger partial charge in [0.2, 0.25) is 0 Å². The molecule has 3 heteroatoms. The van der Waals surface area contributed by atoms with Crippen molar-refractivity contribution in [2.45, 2.75) is 46.7 Å². The van der Waals surface area contributed by atoms with E-state index in [1.165, 1.54) is 22.4 Å². The van der Waals surface area contributed by atoms with Crippen LogP contribution in [0.15, 0.2) is 24.3 Å². The summed E-state index contributed by atoms with van der Waals surface area (Å²) in [5.74, 6) is 0. The molecule has 3 nitrogen and oxygen atoms in total. The van der Waals surface area contributed by atoms with Crippen molar-refractivity contribution in [3.05, 3.63) is 52.3 Å². The number of hydrogen-bond acceptors (Lipinski definition) is 2. The normalized spacial score (nSPS) is 12.7. The molecule has 2 rings (SSSR count). The lowest BCUT2D eigenvalue weighted by Crippen LogP contribution is -2.17. The molecule has 20 heavy (non-hydrogen) atoms. The van der Waals surface area contributed by atoms with Crippen LogP contribution in [0.25, 0.3) is 0 Å². The van der Waals surface area contributed by atoms with E-state index in [-0.39, 0.29) is 0 Å². The van der Waals surface area contributed by atoms with Crippen LogP contribution in [0.5, 0.6) is 0 Å². The quantitative estimate of drug-likeness (QED) is 0.901. The van der Waals surface area contributed by atoms with Crippen LogP contribution in [0, 0.1) is 20.8 Å². The van der Waals surface area contributed by atoms with E-state index in [2.05, 4.69) is 62.0 Å². The van der Waals surface area contributed by atoms with E-state index in [1.54, 1.807) is 0 Å². The molecule has 0 aliphatic heterocycles. The molecule has 0 saturated heterocycles. The first-order valence-electron chi connectivity index (χ1n) is 7.33. The maximum absolute atomic E-state index is 4.73. The average Bonchev–Trinajstić information content (AvgIpc) is 2.68. The summed E-state index contributed by atoms with van der Waals surface area (Å²) in [6, 6.07) is 9.02. The highest BCUT2D eigenvalue weighted by Crippen LogP contribution is 2.24. The van der Waals surface area contributed by atoms with Crippen molar-refractivity contribution in [1.82, 2.24) is 15.1 Å². The van der Waals surface area contributed by atoms with Crippen molar-refractivity contribution in [1.29, 1.82) is 0 Å². The fourth-order valence-electron chi connectivity index (χ4n) is 2.91. The molecule has 1 aromatic heterocycles. The van der Waals surface area contributed by atoms with Gasteiger partial charge in [0, 0.05) is 17.3 Å². The summed E-state index contributed by atoms with van der Waals surface area (Å²) in [4.78, 5) is 0. The first kappa shape index (κ1) is 14.8. The van der Waals surface area contributed by atoms with Crippen molar-refractivity contribution < 1.29 is 0 Å². The number of nitrogens with zero attached hydrogens (tertiary/aromatic N) is 2. The van der Waals surface area contributed by atoms with Crippen LogP contribution < -0.4 is 5.32 Å². The molecule has 0 radical (unpaired) electrons. The molecule has 1 unspecified atom stereocenters. The van der Waals surface area contributed by atoms with Crippen LogP contribution in [-0.4, -0.2) is 16.8 Å². The van der Waals surface area contributed by atoms with Crippen LogP contribution in [-0.2, 0) is 6.54 Å². The van der Waals surface area contributed by atoms with Gasteiger partial charge in [0.15, 0.2) is 0 Å². The van der Waals surface area contributed by atoms with Gasteiger partial charge in [-0.05, 0) is 39.8 Å². The van der Waals surface area contributed by atoms with Gasteiger partial charge in [-0.3, -0.25) is 4.68 Å². The third kappa shape index (κ3) is 2.93. The second-order valence-corrected chi connectivity index (χ2v) is 5.48. The zero-order valence-corrected chi connectivity index (χ0v) is 13.2. The minimum Gasteiger partial charge on any atom is -0.313 e. The van der Waals surface area contributed by atoms with E-state index in [4.69, 9.17) is 5.10 Å². The molecule has 0 fully saturated rings. The molecule has 1 aromatic carbocycles. The molecular formula is C17H25N3. The molecule has 0 amide bonds. The smallest absolute Gasteiger partial charge is 0.0662 e. The largest absolute Gasteiger partial charge is 0.313 e. The maximum Gasteiger partial charge on any atom is 0.0662 e. The Hall–Kier alpha value is -1.61. The van der Waals surface area contributed by atoms with E-state index >= 15 is 0 Å². The Morgan fingerprint density at radius 1 is 1.25 bits per heavy atom. The van der Waals surface area contributed by atoms with Gasteiger partial charge in [-0.15, -0.1) is 0 Å². The number of rotatable bonds is 5. The second-order valence-electron chi connectivity index (χ2n) is 5.48. The zero-order chi connectivity index (χ0) is 14.7. The fraction of sp³-hybridized carbons (Fsp3) is 0.471. The lowest BCUT2D eigenvalue weighted by atomic mass is 10.0. The van der Waals surface area contributed by atoms with Crippen LogP contribution >= 0.6 is 0 Å². The van der Waals surface area contributed by atoms with Crippen molar-refractivity contribution in [3.63, 3.8) is 0 Å². The van der Waals surface area contributed by atoms with Gasteiger partial charge in [0.05, 0.1) is 12.2 Å². The highest BCUT2D eigenvalue weighted by atomic mass is 15.3. The van der Waals surface area contributed by atoms with Crippen LogP contribution in [0.1, 0.15) is 47.5 Å². The molecule has 0 spiro atoms. The first-order chi connectivity index (χ1) is 9.56. The molecule has 1 heterocycles. The van der Waals surface area contributed by atoms with Gasteiger partial charge < -0.3 is 5.32 Å². The molecular weight excluding hydrogens is 246 g/mol. The zero-order valence-electron chi connectivity index (χ0n) is 13.2. The molecule has 1 atom stereocenters. The molecule has 0 aliphatic carbocycles. The summed E-state index contributed by atoms with van der Waals surface area (Å²) < 4.78 is 2.12. The van der Waals surface area contributed by atoms with Gasteiger partial charge >= 0.3 is 0 Å².